The van der Waals surface area contributed by atoms with Crippen LogP contribution in [0.2, 0.25) is 0 Å². The lowest BCUT2D eigenvalue weighted by atomic mass is 10.1. The fourth-order valence-corrected chi connectivity index (χ4v) is 4.89. The van der Waals surface area contributed by atoms with Crippen LogP contribution in [0.15, 0.2) is 40.9 Å². The van der Waals surface area contributed by atoms with Crippen molar-refractivity contribution in [1.29, 1.82) is 0 Å². The van der Waals surface area contributed by atoms with Crippen LogP contribution in [0.1, 0.15) is 31.2 Å². The van der Waals surface area contributed by atoms with Crippen molar-refractivity contribution in [3.8, 4) is 5.75 Å². The highest BCUT2D eigenvalue weighted by Crippen LogP contribution is 2.29. The summed E-state index contributed by atoms with van der Waals surface area (Å²) in [4.78, 5) is 7.23. The molecule has 1 saturated carbocycles. The molecule has 4 aliphatic rings. The smallest absolute Gasteiger partial charge is 0.157 e. The van der Waals surface area contributed by atoms with E-state index in [0.29, 0.717) is 12.6 Å². The van der Waals surface area contributed by atoms with E-state index in [1.807, 2.05) is 12.1 Å². The van der Waals surface area contributed by atoms with Gasteiger partial charge >= 0.3 is 0 Å². The van der Waals surface area contributed by atoms with E-state index in [-0.39, 0.29) is 0 Å². The second-order valence-electron chi connectivity index (χ2n) is 8.91. The number of nitrogens with one attached hydrogen (secondary N) is 2. The lowest BCUT2D eigenvalue weighted by molar-refractivity contribution is 0.0322. The summed E-state index contributed by atoms with van der Waals surface area (Å²) >= 11 is 0. The van der Waals surface area contributed by atoms with E-state index >= 15 is 0 Å². The molecule has 0 bridgehead atoms. The molecule has 0 unspecified atom stereocenters. The van der Waals surface area contributed by atoms with Crippen molar-refractivity contribution in [3.63, 3.8) is 0 Å². The molecule has 1 aromatic carbocycles. The van der Waals surface area contributed by atoms with Gasteiger partial charge in [0.1, 0.15) is 18.2 Å². The largest absolute Gasteiger partial charge is 0.492 e. The van der Waals surface area contributed by atoms with Crippen LogP contribution in [0.5, 0.6) is 5.75 Å². The first kappa shape index (κ1) is 20.6. The van der Waals surface area contributed by atoms with E-state index in [2.05, 4.69) is 49.7 Å². The summed E-state index contributed by atoms with van der Waals surface area (Å²) in [5.74, 6) is 2.91. The molecular formula is C23H34N6O2. The topological polar surface area (TPSA) is 64.6 Å². The van der Waals surface area contributed by atoms with Gasteiger partial charge in [0.2, 0.25) is 0 Å². The third-order valence-corrected chi connectivity index (χ3v) is 6.61. The number of amidine groups is 1. The molecule has 168 valence electrons. The molecule has 1 aliphatic carbocycles. The van der Waals surface area contributed by atoms with E-state index < -0.39 is 0 Å². The first-order chi connectivity index (χ1) is 15.3. The molecule has 3 heterocycles. The molecule has 0 amide bonds. The average molecular weight is 427 g/mol. The summed E-state index contributed by atoms with van der Waals surface area (Å²) in [5, 5.41) is 8.25. The minimum absolute atomic E-state index is 0.618. The Bertz CT molecular complexity index is 812. The predicted molar refractivity (Wildman–Crippen MR) is 121 cm³/mol. The number of hydrogen-bond acceptors (Lipinski definition) is 8. The Morgan fingerprint density at radius 3 is 2.68 bits per heavy atom. The van der Waals surface area contributed by atoms with Gasteiger partial charge in [0, 0.05) is 37.8 Å². The number of hydrazone groups is 1. The summed E-state index contributed by atoms with van der Waals surface area (Å²) < 4.78 is 11.3. The van der Waals surface area contributed by atoms with Gasteiger partial charge < -0.3 is 19.7 Å². The molecule has 1 saturated heterocycles. The molecule has 0 radical (unpaired) electrons. The van der Waals surface area contributed by atoms with Gasteiger partial charge in [0.25, 0.3) is 0 Å². The zero-order valence-corrected chi connectivity index (χ0v) is 18.5. The Kier molecular flexibility index (Phi) is 6.29. The van der Waals surface area contributed by atoms with Gasteiger partial charge in [-0.1, -0.05) is 12.8 Å². The molecule has 3 aliphatic heterocycles. The Morgan fingerprint density at radius 1 is 1.13 bits per heavy atom. The normalized spacial score (nSPS) is 23.3. The van der Waals surface area contributed by atoms with Crippen molar-refractivity contribution in [3.05, 3.63) is 41.3 Å². The van der Waals surface area contributed by atoms with Crippen LogP contribution in [0.3, 0.4) is 0 Å². The summed E-state index contributed by atoms with van der Waals surface area (Å²) in [7, 11) is 2.18. The van der Waals surface area contributed by atoms with Crippen LogP contribution < -0.4 is 15.5 Å². The van der Waals surface area contributed by atoms with Crippen LogP contribution in [-0.2, 0) is 4.74 Å². The van der Waals surface area contributed by atoms with E-state index in [1.165, 1.54) is 31.4 Å². The lowest BCUT2D eigenvalue weighted by Crippen LogP contribution is -2.53. The van der Waals surface area contributed by atoms with E-state index in [4.69, 9.17) is 9.47 Å². The van der Waals surface area contributed by atoms with Gasteiger partial charge in [-0.15, -0.1) is 0 Å². The van der Waals surface area contributed by atoms with Crippen molar-refractivity contribution in [2.75, 3.05) is 59.7 Å². The first-order valence-corrected chi connectivity index (χ1v) is 11.6. The number of ether oxygens (including phenoxy) is 2. The van der Waals surface area contributed by atoms with Crippen LogP contribution in [0, 0.1) is 0 Å². The van der Waals surface area contributed by atoms with Crippen molar-refractivity contribution in [1.82, 2.24) is 25.4 Å². The molecule has 1 aromatic rings. The summed E-state index contributed by atoms with van der Waals surface area (Å²) in [6.45, 7) is 7.12. The zero-order chi connectivity index (χ0) is 21.0. The summed E-state index contributed by atoms with van der Waals surface area (Å²) in [6, 6.07) is 8.82. The van der Waals surface area contributed by atoms with Gasteiger partial charge in [-0.05, 0) is 44.2 Å². The number of nitrogens with zero attached hydrogens (tertiary/aromatic N) is 4. The molecule has 2 N–H and O–H groups in total. The lowest BCUT2D eigenvalue weighted by Gasteiger charge is -2.43. The molecule has 8 heteroatoms. The molecule has 5 rings (SSSR count). The number of benzene rings is 1. The molecule has 2 fully saturated rings. The highest BCUT2D eigenvalue weighted by molar-refractivity contribution is 6.00. The molecular weight excluding hydrogens is 392 g/mol. The van der Waals surface area contributed by atoms with Gasteiger partial charge in [0.15, 0.2) is 5.84 Å². The Morgan fingerprint density at radius 2 is 1.90 bits per heavy atom. The van der Waals surface area contributed by atoms with Crippen molar-refractivity contribution in [2.45, 2.75) is 31.7 Å². The maximum Gasteiger partial charge on any atom is 0.157 e. The van der Waals surface area contributed by atoms with Crippen LogP contribution in [0.4, 0.5) is 0 Å². The number of likely N-dealkylation sites (N-methyl/N-ethyl adjacent to an activating group) is 1. The summed E-state index contributed by atoms with van der Waals surface area (Å²) in [5.41, 5.74) is 5.62. The van der Waals surface area contributed by atoms with Gasteiger partial charge in [0.05, 0.1) is 25.6 Å². The SMILES string of the molecule is CN1CC2=C(NN=C(c3ccc(OCCN4CCOCC4)cc3)N2)N(C2CCCC2)C1. The monoisotopic (exact) mass is 426 g/mol. The van der Waals surface area contributed by atoms with Gasteiger partial charge in [-0.2, -0.15) is 5.10 Å². The number of hydrogen-bond donors (Lipinski definition) is 2. The van der Waals surface area contributed by atoms with Crippen LogP contribution in [-0.4, -0.2) is 86.3 Å². The van der Waals surface area contributed by atoms with E-state index in [0.717, 1.165) is 69.0 Å². The average Bonchev–Trinajstić information content (AvgIpc) is 3.34. The van der Waals surface area contributed by atoms with Gasteiger partial charge in [-0.3, -0.25) is 15.2 Å². The molecule has 31 heavy (non-hydrogen) atoms. The quantitative estimate of drug-likeness (QED) is 0.716. The van der Waals surface area contributed by atoms with Crippen LogP contribution in [0.25, 0.3) is 0 Å². The minimum atomic E-state index is 0.618. The van der Waals surface area contributed by atoms with Crippen LogP contribution >= 0.6 is 0 Å². The fourth-order valence-electron chi connectivity index (χ4n) is 4.89. The minimum Gasteiger partial charge on any atom is -0.492 e. The van der Waals surface area contributed by atoms with Crippen molar-refractivity contribution >= 4 is 5.84 Å². The third-order valence-electron chi connectivity index (χ3n) is 6.61. The first-order valence-electron chi connectivity index (χ1n) is 11.6. The molecule has 0 atom stereocenters. The standard InChI is InChI=1S/C23H34N6O2/c1-27-16-21-23(29(17-27)19-4-2-3-5-19)26-25-22(24-21)18-6-8-20(9-7-18)31-15-12-28-10-13-30-14-11-28/h6-9,19,26H,2-5,10-17H2,1H3,(H,24,25). The maximum atomic E-state index is 5.94. The Balaban J connectivity index is 1.18. The van der Waals surface area contributed by atoms with Crippen molar-refractivity contribution in [2.24, 2.45) is 5.10 Å². The highest BCUT2D eigenvalue weighted by Gasteiger charge is 2.32. The van der Waals surface area contributed by atoms with E-state index in [1.54, 1.807) is 0 Å². The second-order valence-corrected chi connectivity index (χ2v) is 8.91. The molecule has 0 spiro atoms. The second kappa shape index (κ2) is 9.46. The Labute approximate surface area is 184 Å². The van der Waals surface area contributed by atoms with E-state index in [9.17, 15) is 0 Å². The number of rotatable bonds is 6. The van der Waals surface area contributed by atoms with Crippen molar-refractivity contribution < 1.29 is 9.47 Å². The Hall–Kier alpha value is -2.29. The predicted octanol–water partition coefficient (Wildman–Crippen LogP) is 1.57. The molecule has 0 aromatic heterocycles. The fraction of sp³-hybridized carbons (Fsp3) is 0.609. The maximum absolute atomic E-state index is 5.94. The number of morpholine rings is 1. The zero-order valence-electron chi connectivity index (χ0n) is 18.5. The highest BCUT2D eigenvalue weighted by atomic mass is 16.5. The van der Waals surface area contributed by atoms with Gasteiger partial charge in [-0.25, -0.2) is 0 Å². The third kappa shape index (κ3) is 4.81. The molecule has 8 nitrogen and oxygen atoms in total. The summed E-state index contributed by atoms with van der Waals surface area (Å²) in [6.07, 6.45) is 5.21.